The first-order chi connectivity index (χ1) is 12.1. The summed E-state index contributed by atoms with van der Waals surface area (Å²) in [6.45, 7) is 2.32. The third-order valence-corrected chi connectivity index (χ3v) is 3.65. The molecule has 0 unspecified atom stereocenters. The molecule has 0 radical (unpaired) electrons. The summed E-state index contributed by atoms with van der Waals surface area (Å²) < 4.78 is 23.7. The summed E-state index contributed by atoms with van der Waals surface area (Å²) in [7, 11) is 0. The maximum Gasteiger partial charge on any atom is 0.338 e. The van der Waals surface area contributed by atoms with Crippen LogP contribution in [0.4, 0.5) is 4.39 Å². The van der Waals surface area contributed by atoms with E-state index in [4.69, 9.17) is 9.47 Å². The number of halogens is 1. The van der Waals surface area contributed by atoms with Gasteiger partial charge >= 0.3 is 11.9 Å². The van der Waals surface area contributed by atoms with E-state index in [1.54, 1.807) is 18.2 Å². The first-order valence-electron chi connectivity index (χ1n) is 8.29. The maximum atomic E-state index is 13.5. The van der Waals surface area contributed by atoms with Gasteiger partial charge in [0, 0.05) is 5.56 Å². The lowest BCUT2D eigenvalue weighted by molar-refractivity contribution is 0.0463. The molecular weight excluding hydrogens is 323 g/mol. The molecule has 0 N–H and O–H groups in total. The molecule has 0 spiro atoms. The molecule has 0 amide bonds. The highest BCUT2D eigenvalue weighted by Crippen LogP contribution is 2.11. The van der Waals surface area contributed by atoms with Gasteiger partial charge in [0.15, 0.2) is 0 Å². The summed E-state index contributed by atoms with van der Waals surface area (Å²) in [6, 6.07) is 12.1. The molecule has 2 rings (SSSR count). The molecule has 0 aliphatic carbocycles. The molecule has 0 heterocycles. The fourth-order valence-electron chi connectivity index (χ4n) is 2.18. The van der Waals surface area contributed by atoms with Crippen LogP contribution in [-0.4, -0.2) is 18.5 Å². The van der Waals surface area contributed by atoms with Gasteiger partial charge in [-0.3, -0.25) is 0 Å². The van der Waals surface area contributed by atoms with Crippen LogP contribution in [0.2, 0.25) is 0 Å². The Bertz CT molecular complexity index is 710. The average molecular weight is 344 g/mol. The molecule has 4 nitrogen and oxygen atoms in total. The fraction of sp³-hybridized carbons (Fsp3) is 0.300. The minimum atomic E-state index is -0.578. The lowest BCUT2D eigenvalue weighted by Crippen LogP contribution is -2.09. The maximum absolute atomic E-state index is 13.5. The Labute approximate surface area is 146 Å². The lowest BCUT2D eigenvalue weighted by atomic mass is 10.1. The van der Waals surface area contributed by atoms with Crippen LogP contribution in [0.15, 0.2) is 48.5 Å². The quantitative estimate of drug-likeness (QED) is 0.521. The summed E-state index contributed by atoms with van der Waals surface area (Å²) in [5, 5.41) is 0. The smallest absolute Gasteiger partial charge is 0.338 e. The number of esters is 2. The standard InChI is InChI=1S/C20H21FO4/c1-2-3-6-13-24-19(22)15-9-11-16(12-10-15)20(23)25-14-17-7-4-5-8-18(17)21/h4-5,7-12H,2-3,6,13-14H2,1H3. The Morgan fingerprint density at radius 2 is 1.48 bits per heavy atom. The predicted octanol–water partition coefficient (Wildman–Crippen LogP) is 4.53. The fourth-order valence-corrected chi connectivity index (χ4v) is 2.18. The highest BCUT2D eigenvalue weighted by molar-refractivity contribution is 5.93. The van der Waals surface area contributed by atoms with Crippen molar-refractivity contribution >= 4 is 11.9 Å². The van der Waals surface area contributed by atoms with Crippen molar-refractivity contribution in [3.05, 3.63) is 71.0 Å². The monoisotopic (exact) mass is 344 g/mol. The number of benzene rings is 2. The van der Waals surface area contributed by atoms with Gasteiger partial charge in [0.25, 0.3) is 0 Å². The Morgan fingerprint density at radius 1 is 0.880 bits per heavy atom. The Balaban J connectivity index is 1.87. The van der Waals surface area contributed by atoms with Crippen molar-refractivity contribution in [2.45, 2.75) is 32.8 Å². The molecule has 25 heavy (non-hydrogen) atoms. The number of carbonyl (C=O) groups is 2. The van der Waals surface area contributed by atoms with Gasteiger partial charge in [-0.2, -0.15) is 0 Å². The Kier molecular flexibility index (Phi) is 7.14. The van der Waals surface area contributed by atoms with Crippen LogP contribution in [0.1, 0.15) is 52.5 Å². The number of hydrogen-bond donors (Lipinski definition) is 0. The van der Waals surface area contributed by atoms with Gasteiger partial charge in [-0.25, -0.2) is 14.0 Å². The van der Waals surface area contributed by atoms with Crippen LogP contribution in [0.25, 0.3) is 0 Å². The molecule has 0 atom stereocenters. The van der Waals surface area contributed by atoms with Crippen LogP contribution in [-0.2, 0) is 16.1 Å². The Hall–Kier alpha value is -2.69. The highest BCUT2D eigenvalue weighted by Gasteiger charge is 2.12. The van der Waals surface area contributed by atoms with Gasteiger partial charge in [-0.15, -0.1) is 0 Å². The average Bonchev–Trinajstić information content (AvgIpc) is 2.64. The summed E-state index contributed by atoms with van der Waals surface area (Å²) in [5.41, 5.74) is 0.976. The molecule has 132 valence electrons. The first kappa shape index (κ1) is 18.6. The molecule has 2 aromatic carbocycles. The van der Waals surface area contributed by atoms with E-state index in [0.717, 1.165) is 19.3 Å². The van der Waals surface area contributed by atoms with Crippen molar-refractivity contribution in [2.75, 3.05) is 6.61 Å². The topological polar surface area (TPSA) is 52.6 Å². The van der Waals surface area contributed by atoms with E-state index in [-0.39, 0.29) is 6.61 Å². The predicted molar refractivity (Wildman–Crippen MR) is 91.8 cm³/mol. The molecule has 0 saturated carbocycles. The zero-order valence-electron chi connectivity index (χ0n) is 14.2. The van der Waals surface area contributed by atoms with Crippen molar-refractivity contribution in [1.29, 1.82) is 0 Å². The van der Waals surface area contributed by atoms with Gasteiger partial charge in [-0.05, 0) is 36.8 Å². The molecule has 0 saturated heterocycles. The van der Waals surface area contributed by atoms with Crippen LogP contribution < -0.4 is 0 Å². The van der Waals surface area contributed by atoms with E-state index in [1.165, 1.54) is 30.3 Å². The number of rotatable bonds is 8. The number of carbonyl (C=O) groups excluding carboxylic acids is 2. The van der Waals surface area contributed by atoms with Gasteiger partial charge in [0.2, 0.25) is 0 Å². The molecule has 0 aliphatic heterocycles. The van der Waals surface area contributed by atoms with E-state index in [9.17, 15) is 14.0 Å². The van der Waals surface area contributed by atoms with Crippen LogP contribution >= 0.6 is 0 Å². The Morgan fingerprint density at radius 3 is 2.08 bits per heavy atom. The molecular formula is C20H21FO4. The second-order valence-corrected chi connectivity index (χ2v) is 5.59. The second-order valence-electron chi connectivity index (χ2n) is 5.59. The van der Waals surface area contributed by atoms with Gasteiger partial charge in [0.1, 0.15) is 12.4 Å². The summed E-state index contributed by atoms with van der Waals surface area (Å²) in [6.07, 6.45) is 2.91. The molecule has 0 aliphatic rings. The second kappa shape index (κ2) is 9.57. The van der Waals surface area contributed by atoms with E-state index in [2.05, 4.69) is 6.92 Å². The van der Waals surface area contributed by atoms with Crippen LogP contribution in [0.3, 0.4) is 0 Å². The van der Waals surface area contributed by atoms with Crippen molar-refractivity contribution in [2.24, 2.45) is 0 Å². The summed E-state index contributed by atoms with van der Waals surface area (Å²) >= 11 is 0. The van der Waals surface area contributed by atoms with Crippen molar-refractivity contribution in [3.8, 4) is 0 Å². The first-order valence-corrected chi connectivity index (χ1v) is 8.29. The minimum Gasteiger partial charge on any atom is -0.462 e. The third-order valence-electron chi connectivity index (χ3n) is 3.65. The minimum absolute atomic E-state index is 0.146. The van der Waals surface area contributed by atoms with Crippen molar-refractivity contribution in [1.82, 2.24) is 0 Å². The summed E-state index contributed by atoms with van der Waals surface area (Å²) in [4.78, 5) is 23.9. The van der Waals surface area contributed by atoms with Gasteiger partial charge < -0.3 is 9.47 Å². The van der Waals surface area contributed by atoms with E-state index < -0.39 is 17.8 Å². The molecule has 0 bridgehead atoms. The lowest BCUT2D eigenvalue weighted by Gasteiger charge is -2.07. The number of unbranched alkanes of at least 4 members (excludes halogenated alkanes) is 2. The third kappa shape index (κ3) is 5.71. The van der Waals surface area contributed by atoms with Crippen LogP contribution in [0.5, 0.6) is 0 Å². The zero-order chi connectivity index (χ0) is 18.1. The molecule has 0 aromatic heterocycles. The van der Waals surface area contributed by atoms with Gasteiger partial charge in [0.05, 0.1) is 17.7 Å². The molecule has 5 heteroatoms. The highest BCUT2D eigenvalue weighted by atomic mass is 19.1. The van der Waals surface area contributed by atoms with E-state index in [0.29, 0.717) is 23.3 Å². The van der Waals surface area contributed by atoms with E-state index in [1.807, 2.05) is 0 Å². The van der Waals surface area contributed by atoms with Crippen molar-refractivity contribution in [3.63, 3.8) is 0 Å². The number of hydrogen-bond acceptors (Lipinski definition) is 4. The largest absolute Gasteiger partial charge is 0.462 e. The summed E-state index contributed by atoms with van der Waals surface area (Å²) in [5.74, 6) is -1.41. The molecule has 2 aromatic rings. The molecule has 0 fully saturated rings. The zero-order valence-corrected chi connectivity index (χ0v) is 14.2. The van der Waals surface area contributed by atoms with Crippen LogP contribution in [0, 0.1) is 5.82 Å². The van der Waals surface area contributed by atoms with Crippen molar-refractivity contribution < 1.29 is 23.5 Å². The SMILES string of the molecule is CCCCCOC(=O)c1ccc(C(=O)OCc2ccccc2F)cc1. The normalized spacial score (nSPS) is 10.3. The van der Waals surface area contributed by atoms with Gasteiger partial charge in [-0.1, -0.05) is 38.0 Å². The number of ether oxygens (including phenoxy) is 2. The van der Waals surface area contributed by atoms with E-state index >= 15 is 0 Å².